The number of halogens is 3. The zero-order valence-corrected chi connectivity index (χ0v) is 19.8. The van der Waals surface area contributed by atoms with Crippen molar-refractivity contribution in [3.8, 4) is 11.1 Å². The number of benzene rings is 1. The van der Waals surface area contributed by atoms with Crippen molar-refractivity contribution in [2.45, 2.75) is 44.9 Å². The molecule has 0 spiro atoms. The molecule has 4 unspecified atom stereocenters. The van der Waals surface area contributed by atoms with Gasteiger partial charge in [0.05, 0.1) is 24.9 Å². The zero-order chi connectivity index (χ0) is 24.7. The van der Waals surface area contributed by atoms with Crippen molar-refractivity contribution >= 4 is 23.4 Å². The van der Waals surface area contributed by atoms with E-state index in [2.05, 4.69) is 20.2 Å². The van der Waals surface area contributed by atoms with Crippen LogP contribution in [0.25, 0.3) is 11.1 Å². The smallest absolute Gasteiger partial charge is 0.385 e. The third-order valence-corrected chi connectivity index (χ3v) is 7.36. The van der Waals surface area contributed by atoms with Crippen LogP contribution < -0.4 is 10.2 Å². The molecule has 6 nitrogen and oxygen atoms in total. The Bertz CT molecular complexity index is 1150. The number of carbonyl (C=O) groups is 1. The largest absolute Gasteiger partial charge is 0.410 e. The Hall–Kier alpha value is -2.94. The fourth-order valence-corrected chi connectivity index (χ4v) is 5.19. The number of aryl methyl sites for hydroxylation is 1. The number of anilines is 2. The van der Waals surface area contributed by atoms with E-state index in [0.29, 0.717) is 31.9 Å². The number of fused-ring (bicyclic) bond motifs is 3. The molecule has 0 saturated carbocycles. The number of aromatic nitrogens is 1. The first-order chi connectivity index (χ1) is 16.7. The predicted octanol–water partition coefficient (Wildman–Crippen LogP) is 4.92. The maximum atomic E-state index is 13.2. The number of alkyl halides is 3. The molecule has 0 aliphatic carbocycles. The van der Waals surface area contributed by atoms with Gasteiger partial charge in [-0.25, -0.2) is 0 Å². The summed E-state index contributed by atoms with van der Waals surface area (Å²) in [7, 11) is 0. The summed E-state index contributed by atoms with van der Waals surface area (Å²) in [5, 5.41) is 3.34. The third kappa shape index (κ3) is 4.78. The first-order valence-electron chi connectivity index (χ1n) is 12.0. The minimum atomic E-state index is -4.31. The van der Waals surface area contributed by atoms with Crippen molar-refractivity contribution < 1.29 is 22.7 Å². The minimum Gasteiger partial charge on any atom is -0.385 e. The van der Waals surface area contributed by atoms with E-state index in [1.807, 2.05) is 38.1 Å². The van der Waals surface area contributed by atoms with E-state index < -0.39 is 12.2 Å². The summed E-state index contributed by atoms with van der Waals surface area (Å²) in [6.07, 6.45) is -0.745. The molecular formula is C26H29F3N4O2. The SMILES string of the molecule is Cc1ccc(NCC2CC(C(F)(F)F)N=CC2C)cc1-c1cnc2c(c1)N1CCOCC1CC2=O. The quantitative estimate of drug-likeness (QED) is 0.665. The van der Waals surface area contributed by atoms with Gasteiger partial charge in [-0.2, -0.15) is 13.2 Å². The number of ether oxygens (including phenoxy) is 1. The lowest BCUT2D eigenvalue weighted by molar-refractivity contribution is -0.151. The minimum absolute atomic E-state index is 0.0175. The molecule has 0 amide bonds. The van der Waals surface area contributed by atoms with Crippen LogP contribution in [-0.2, 0) is 4.74 Å². The Morgan fingerprint density at radius 1 is 1.26 bits per heavy atom. The summed E-state index contributed by atoms with van der Waals surface area (Å²) in [4.78, 5) is 23.1. The monoisotopic (exact) mass is 486 g/mol. The van der Waals surface area contributed by atoms with Crippen molar-refractivity contribution in [2.75, 3.05) is 36.5 Å². The molecule has 2 aromatic rings. The van der Waals surface area contributed by atoms with Gasteiger partial charge in [0, 0.05) is 43.2 Å². The van der Waals surface area contributed by atoms with Crippen LogP contribution >= 0.6 is 0 Å². The van der Waals surface area contributed by atoms with Crippen LogP contribution in [0, 0.1) is 18.8 Å². The van der Waals surface area contributed by atoms with Gasteiger partial charge < -0.3 is 15.0 Å². The molecule has 0 bridgehead atoms. The number of morpholine rings is 1. The lowest BCUT2D eigenvalue weighted by Crippen LogP contribution is -2.49. The topological polar surface area (TPSA) is 66.8 Å². The second-order valence-electron chi connectivity index (χ2n) is 9.76. The van der Waals surface area contributed by atoms with Crippen LogP contribution in [0.4, 0.5) is 24.5 Å². The molecule has 3 aliphatic rings. The highest BCUT2D eigenvalue weighted by atomic mass is 19.4. The van der Waals surface area contributed by atoms with Crippen LogP contribution in [0.3, 0.4) is 0 Å². The number of hydrogen-bond donors (Lipinski definition) is 1. The fourth-order valence-electron chi connectivity index (χ4n) is 5.19. The average Bonchev–Trinajstić information content (AvgIpc) is 2.83. The Labute approximate surface area is 202 Å². The Morgan fingerprint density at radius 2 is 2.09 bits per heavy atom. The molecule has 9 heteroatoms. The number of pyridine rings is 1. The summed E-state index contributed by atoms with van der Waals surface area (Å²) in [6, 6.07) is 6.36. The van der Waals surface area contributed by atoms with Crippen molar-refractivity contribution in [1.82, 2.24) is 4.98 Å². The van der Waals surface area contributed by atoms with Crippen LogP contribution in [0.2, 0.25) is 0 Å². The highest BCUT2D eigenvalue weighted by Crippen LogP contribution is 2.36. The number of Topliss-reactive ketones (excluding diaryl/α,β-unsaturated/α-hetero) is 1. The molecule has 5 rings (SSSR count). The van der Waals surface area contributed by atoms with Crippen LogP contribution in [0.1, 0.15) is 35.8 Å². The van der Waals surface area contributed by atoms with E-state index in [1.54, 1.807) is 6.20 Å². The maximum absolute atomic E-state index is 13.2. The van der Waals surface area contributed by atoms with Gasteiger partial charge in [-0.1, -0.05) is 13.0 Å². The third-order valence-electron chi connectivity index (χ3n) is 7.36. The van der Waals surface area contributed by atoms with Gasteiger partial charge in [-0.05, 0) is 54.5 Å². The summed E-state index contributed by atoms with van der Waals surface area (Å²) in [6.45, 7) is 6.21. The second-order valence-corrected chi connectivity index (χ2v) is 9.76. The molecular weight excluding hydrogens is 457 g/mol. The van der Waals surface area contributed by atoms with Crippen LogP contribution in [0.5, 0.6) is 0 Å². The molecule has 1 fully saturated rings. The lowest BCUT2D eigenvalue weighted by atomic mass is 9.86. The second kappa shape index (κ2) is 9.26. The van der Waals surface area contributed by atoms with Crippen molar-refractivity contribution in [1.29, 1.82) is 0 Å². The van der Waals surface area contributed by atoms with Crippen molar-refractivity contribution in [3.63, 3.8) is 0 Å². The first-order valence-corrected chi connectivity index (χ1v) is 12.0. The van der Waals surface area contributed by atoms with Gasteiger partial charge >= 0.3 is 6.18 Å². The van der Waals surface area contributed by atoms with Gasteiger partial charge in [0.2, 0.25) is 0 Å². The fraction of sp³-hybridized carbons (Fsp3) is 0.500. The van der Waals surface area contributed by atoms with E-state index in [4.69, 9.17) is 4.74 Å². The summed E-state index contributed by atoms with van der Waals surface area (Å²) in [5.41, 5.74) is 5.11. The zero-order valence-electron chi connectivity index (χ0n) is 19.8. The predicted molar refractivity (Wildman–Crippen MR) is 129 cm³/mol. The van der Waals surface area contributed by atoms with E-state index in [-0.39, 0.29) is 30.1 Å². The van der Waals surface area contributed by atoms with E-state index >= 15 is 0 Å². The summed E-state index contributed by atoms with van der Waals surface area (Å²) < 4.78 is 45.1. The average molecular weight is 487 g/mol. The molecule has 4 heterocycles. The van der Waals surface area contributed by atoms with E-state index in [1.165, 1.54) is 6.21 Å². The molecule has 35 heavy (non-hydrogen) atoms. The van der Waals surface area contributed by atoms with Crippen molar-refractivity contribution in [3.05, 3.63) is 41.7 Å². The molecule has 1 N–H and O–H groups in total. The molecule has 0 radical (unpaired) electrons. The number of rotatable bonds is 4. The highest BCUT2D eigenvalue weighted by Gasteiger charge is 2.43. The molecule has 1 aromatic heterocycles. The van der Waals surface area contributed by atoms with Crippen LogP contribution in [0.15, 0.2) is 35.5 Å². The van der Waals surface area contributed by atoms with Gasteiger partial charge in [0.15, 0.2) is 5.78 Å². The maximum Gasteiger partial charge on any atom is 0.410 e. The standard InChI is InChI=1S/C26H29F3N4O2/c1-15-3-4-19(30-12-17-8-24(26(27,28)29)31-11-16(17)2)9-21(15)18-7-22-25(32-13-18)23(34)10-20-14-35-6-5-33(20)22/h3-4,7,9,11,13,16-17,20,24,30H,5-6,8,10,12,14H2,1-2H3. The summed E-state index contributed by atoms with van der Waals surface area (Å²) >= 11 is 0. The molecule has 3 aliphatic heterocycles. The van der Waals surface area contributed by atoms with Gasteiger partial charge in [0.25, 0.3) is 0 Å². The van der Waals surface area contributed by atoms with Gasteiger partial charge in [0.1, 0.15) is 11.7 Å². The number of nitrogens with zero attached hydrogens (tertiary/aromatic N) is 3. The van der Waals surface area contributed by atoms with E-state index in [0.717, 1.165) is 34.6 Å². The number of aliphatic imine (C=N–C) groups is 1. The Kier molecular flexibility index (Phi) is 6.29. The molecule has 1 saturated heterocycles. The Morgan fingerprint density at radius 3 is 2.89 bits per heavy atom. The lowest BCUT2D eigenvalue weighted by Gasteiger charge is -2.40. The Balaban J connectivity index is 1.37. The number of hydrogen-bond acceptors (Lipinski definition) is 6. The van der Waals surface area contributed by atoms with Crippen molar-refractivity contribution in [2.24, 2.45) is 16.8 Å². The number of carbonyl (C=O) groups excluding carboxylic acids is 1. The van der Waals surface area contributed by atoms with Gasteiger partial charge in [-0.3, -0.25) is 14.8 Å². The molecule has 1 aromatic carbocycles. The molecule has 186 valence electrons. The highest BCUT2D eigenvalue weighted by molar-refractivity contribution is 6.02. The number of nitrogens with one attached hydrogen (secondary N) is 1. The molecule has 4 atom stereocenters. The normalized spacial score (nSPS) is 26.3. The van der Waals surface area contributed by atoms with E-state index in [9.17, 15) is 18.0 Å². The number of ketones is 1. The summed E-state index contributed by atoms with van der Waals surface area (Å²) in [5.74, 6) is -0.166. The van der Waals surface area contributed by atoms with Crippen LogP contribution in [-0.4, -0.2) is 61.5 Å². The first kappa shape index (κ1) is 23.8. The van der Waals surface area contributed by atoms with Gasteiger partial charge in [-0.15, -0.1) is 0 Å².